The fourth-order valence-electron chi connectivity index (χ4n) is 1.46. The monoisotopic (exact) mass is 256 g/mol. The van der Waals surface area contributed by atoms with Crippen LogP contribution in [0.5, 0.6) is 0 Å². The van der Waals surface area contributed by atoms with Crippen molar-refractivity contribution in [3.05, 3.63) is 29.1 Å². The molecule has 2 rings (SSSR count). The number of aliphatic hydroxyl groups is 1. The van der Waals surface area contributed by atoms with E-state index in [4.69, 9.17) is 11.6 Å². The first-order chi connectivity index (χ1) is 7.72. The Labute approximate surface area is 103 Å². The van der Waals surface area contributed by atoms with E-state index in [9.17, 15) is 5.11 Å². The fraction of sp³-hybridized carbons (Fsp3) is 0.364. The fourth-order valence-corrected chi connectivity index (χ4v) is 2.59. The number of aromatic nitrogens is 1. The van der Waals surface area contributed by atoms with Crippen molar-refractivity contribution in [3.8, 4) is 0 Å². The van der Waals surface area contributed by atoms with Crippen molar-refractivity contribution in [2.24, 2.45) is 12.0 Å². The highest BCUT2D eigenvalue weighted by molar-refractivity contribution is 7.16. The number of nitrogens with zero attached hydrogens (tertiary/aromatic N) is 2. The summed E-state index contributed by atoms with van der Waals surface area (Å²) in [5.74, 6) is 0.220. The maximum Gasteiger partial charge on any atom is 0.185 e. The highest BCUT2D eigenvalue weighted by atomic mass is 35.5. The lowest BCUT2D eigenvalue weighted by atomic mass is 10.3. The van der Waals surface area contributed by atoms with Crippen LogP contribution in [-0.2, 0) is 7.05 Å². The molecule has 0 radical (unpaired) electrons. The molecule has 86 valence electrons. The molecule has 2 aromatic rings. The second-order valence-electron chi connectivity index (χ2n) is 3.56. The molecular weight excluding hydrogens is 244 g/mol. The lowest BCUT2D eigenvalue weighted by Gasteiger charge is -2.00. The van der Waals surface area contributed by atoms with Crippen molar-refractivity contribution >= 4 is 33.2 Å². The number of aryl methyl sites for hydroxylation is 1. The molecule has 0 saturated heterocycles. The first-order valence-corrected chi connectivity index (χ1v) is 6.36. The molecule has 1 heterocycles. The lowest BCUT2D eigenvalue weighted by Crippen LogP contribution is -2.17. The van der Waals surface area contributed by atoms with Gasteiger partial charge >= 0.3 is 0 Å². The van der Waals surface area contributed by atoms with Gasteiger partial charge in [-0.2, -0.15) is 0 Å². The van der Waals surface area contributed by atoms with Crippen LogP contribution in [0.25, 0.3) is 10.2 Å². The second kappa shape index (κ2) is 4.99. The Hall–Kier alpha value is -0.840. The molecule has 16 heavy (non-hydrogen) atoms. The molecule has 0 spiro atoms. The molecule has 0 aliphatic rings. The third-order valence-corrected chi connectivity index (χ3v) is 3.84. The summed E-state index contributed by atoms with van der Waals surface area (Å²) in [4.78, 5) is 5.27. The smallest absolute Gasteiger partial charge is 0.185 e. The molecule has 3 nitrogen and oxygen atoms in total. The van der Waals surface area contributed by atoms with Crippen LogP contribution in [0.1, 0.15) is 0 Å². The summed E-state index contributed by atoms with van der Waals surface area (Å²) in [7, 11) is 1.98. The highest BCUT2D eigenvalue weighted by Gasteiger charge is 2.03. The van der Waals surface area contributed by atoms with Crippen LogP contribution >= 0.6 is 22.9 Å². The second-order valence-corrected chi connectivity index (χ2v) is 4.88. The number of aliphatic hydroxyl groups excluding tert-OH is 1. The van der Waals surface area contributed by atoms with Crippen LogP contribution in [-0.4, -0.2) is 28.2 Å². The van der Waals surface area contributed by atoms with Gasteiger partial charge in [-0.25, -0.2) is 0 Å². The van der Waals surface area contributed by atoms with Crippen molar-refractivity contribution in [2.75, 3.05) is 12.4 Å². The molecule has 0 bridgehead atoms. The minimum absolute atomic E-state index is 0.220. The first-order valence-electron chi connectivity index (χ1n) is 5.01. The Balaban J connectivity index is 2.41. The van der Waals surface area contributed by atoms with E-state index in [1.54, 1.807) is 11.3 Å². The van der Waals surface area contributed by atoms with Crippen molar-refractivity contribution in [3.63, 3.8) is 0 Å². The Morgan fingerprint density at radius 1 is 1.50 bits per heavy atom. The molecule has 1 aromatic carbocycles. The summed E-state index contributed by atoms with van der Waals surface area (Å²) in [6, 6.07) is 8.14. The van der Waals surface area contributed by atoms with Gasteiger partial charge in [0, 0.05) is 7.05 Å². The normalized spacial score (nSPS) is 14.6. The molecule has 1 aromatic heterocycles. The maximum absolute atomic E-state index is 9.35. The predicted octanol–water partition coefficient (Wildman–Crippen LogP) is 1.74. The van der Waals surface area contributed by atoms with Crippen LogP contribution < -0.4 is 4.80 Å². The molecule has 0 fully saturated rings. The van der Waals surface area contributed by atoms with E-state index >= 15 is 0 Å². The standard InChI is InChI=1S/C11H13ClN2OS/c1-14-9-4-2-3-5-10(9)16-11(14)13-7-8(15)6-12/h2-5,8,15H,6-7H2,1H3. The van der Waals surface area contributed by atoms with Gasteiger partial charge in [-0.3, -0.25) is 4.99 Å². The predicted molar refractivity (Wildman–Crippen MR) is 68.0 cm³/mol. The minimum Gasteiger partial charge on any atom is -0.390 e. The minimum atomic E-state index is -0.563. The summed E-state index contributed by atoms with van der Waals surface area (Å²) in [5, 5.41) is 9.35. The number of thiazole rings is 1. The number of alkyl halides is 1. The SMILES string of the molecule is Cn1c(=NCC(O)CCl)sc2ccccc21. The van der Waals surface area contributed by atoms with Gasteiger partial charge in [0.05, 0.1) is 28.7 Å². The van der Waals surface area contributed by atoms with Crippen LogP contribution in [0, 0.1) is 0 Å². The number of para-hydroxylation sites is 1. The van der Waals surface area contributed by atoms with Gasteiger partial charge in [0.2, 0.25) is 0 Å². The van der Waals surface area contributed by atoms with E-state index in [0.717, 1.165) is 10.3 Å². The summed E-state index contributed by atoms with van der Waals surface area (Å²) < 4.78 is 3.23. The van der Waals surface area contributed by atoms with E-state index in [0.29, 0.717) is 6.54 Å². The zero-order valence-corrected chi connectivity index (χ0v) is 10.5. The zero-order valence-electron chi connectivity index (χ0n) is 8.93. The Morgan fingerprint density at radius 3 is 2.94 bits per heavy atom. The molecule has 1 atom stereocenters. The average molecular weight is 257 g/mol. The molecule has 1 unspecified atom stereocenters. The van der Waals surface area contributed by atoms with E-state index in [1.165, 1.54) is 4.70 Å². The van der Waals surface area contributed by atoms with Gasteiger partial charge < -0.3 is 9.67 Å². The molecule has 5 heteroatoms. The van der Waals surface area contributed by atoms with Gasteiger partial charge in [-0.15, -0.1) is 11.6 Å². The number of benzene rings is 1. The third-order valence-electron chi connectivity index (χ3n) is 2.33. The topological polar surface area (TPSA) is 37.5 Å². The van der Waals surface area contributed by atoms with Crippen molar-refractivity contribution in [2.45, 2.75) is 6.10 Å². The van der Waals surface area contributed by atoms with Crippen LogP contribution in [0.3, 0.4) is 0 Å². The van der Waals surface area contributed by atoms with Gasteiger partial charge in [-0.05, 0) is 12.1 Å². The lowest BCUT2D eigenvalue weighted by molar-refractivity contribution is 0.206. The van der Waals surface area contributed by atoms with Crippen LogP contribution in [0.2, 0.25) is 0 Å². The maximum atomic E-state index is 9.35. The van der Waals surface area contributed by atoms with Gasteiger partial charge in [0.25, 0.3) is 0 Å². The summed E-state index contributed by atoms with van der Waals surface area (Å²) in [6.45, 7) is 0.351. The summed E-state index contributed by atoms with van der Waals surface area (Å²) in [5.41, 5.74) is 1.16. The number of hydrogen-bond acceptors (Lipinski definition) is 3. The average Bonchev–Trinajstić information content (AvgIpc) is 2.64. The van der Waals surface area contributed by atoms with Gasteiger partial charge in [0.15, 0.2) is 4.80 Å². The van der Waals surface area contributed by atoms with Crippen molar-refractivity contribution in [1.29, 1.82) is 0 Å². The highest BCUT2D eigenvalue weighted by Crippen LogP contribution is 2.14. The van der Waals surface area contributed by atoms with Crippen LogP contribution in [0.4, 0.5) is 0 Å². The van der Waals surface area contributed by atoms with Crippen LogP contribution in [0.15, 0.2) is 29.3 Å². The Morgan fingerprint density at radius 2 is 2.25 bits per heavy atom. The number of halogens is 1. The molecule has 0 amide bonds. The first kappa shape index (κ1) is 11.6. The number of fused-ring (bicyclic) bond motifs is 1. The van der Waals surface area contributed by atoms with Gasteiger partial charge in [0.1, 0.15) is 0 Å². The number of rotatable bonds is 3. The van der Waals surface area contributed by atoms with E-state index < -0.39 is 6.10 Å². The van der Waals surface area contributed by atoms with Crippen molar-refractivity contribution < 1.29 is 5.11 Å². The van der Waals surface area contributed by atoms with E-state index in [-0.39, 0.29) is 5.88 Å². The summed E-state index contributed by atoms with van der Waals surface area (Å²) in [6.07, 6.45) is -0.563. The Bertz CT molecular complexity index is 546. The molecular formula is C11H13ClN2OS. The molecule has 0 aliphatic carbocycles. The van der Waals surface area contributed by atoms with Gasteiger partial charge in [-0.1, -0.05) is 23.5 Å². The number of hydrogen-bond donors (Lipinski definition) is 1. The van der Waals surface area contributed by atoms with E-state index in [2.05, 4.69) is 17.1 Å². The zero-order chi connectivity index (χ0) is 11.5. The molecule has 0 aliphatic heterocycles. The molecule has 0 saturated carbocycles. The van der Waals surface area contributed by atoms with E-state index in [1.807, 2.05) is 23.7 Å². The largest absolute Gasteiger partial charge is 0.390 e. The third kappa shape index (κ3) is 2.29. The quantitative estimate of drug-likeness (QED) is 0.835. The Kier molecular flexibility index (Phi) is 3.63. The summed E-state index contributed by atoms with van der Waals surface area (Å²) >= 11 is 7.14. The molecule has 1 N–H and O–H groups in total. The van der Waals surface area contributed by atoms with Crippen molar-refractivity contribution in [1.82, 2.24) is 4.57 Å².